The molecule has 126 valence electrons. The maximum Gasteiger partial charge on any atom is 0.269 e. The number of anilines is 1. The molecule has 0 saturated heterocycles. The van der Waals surface area contributed by atoms with Crippen LogP contribution in [0.4, 0.5) is 5.69 Å². The first kappa shape index (κ1) is 17.9. The molecular formula is C18H20ClN3O2. The minimum absolute atomic E-state index is 0.227. The maximum atomic E-state index is 12.3. The van der Waals surface area contributed by atoms with E-state index in [1.165, 1.54) is 12.3 Å². The number of carbonyl (C=O) groups excluding carboxylic acids is 2. The van der Waals surface area contributed by atoms with Gasteiger partial charge in [-0.05, 0) is 36.8 Å². The van der Waals surface area contributed by atoms with Crippen LogP contribution in [-0.4, -0.2) is 23.3 Å². The number of benzene rings is 1. The van der Waals surface area contributed by atoms with Gasteiger partial charge in [-0.1, -0.05) is 37.4 Å². The Morgan fingerprint density at radius 1 is 1.12 bits per heavy atom. The van der Waals surface area contributed by atoms with Crippen LogP contribution in [0.15, 0.2) is 42.6 Å². The molecule has 5 nitrogen and oxygen atoms in total. The van der Waals surface area contributed by atoms with E-state index in [0.717, 1.165) is 19.3 Å². The summed E-state index contributed by atoms with van der Waals surface area (Å²) in [5.74, 6) is -0.594. The van der Waals surface area contributed by atoms with Gasteiger partial charge in [-0.25, -0.2) is 0 Å². The Bertz CT molecular complexity index is 719. The lowest BCUT2D eigenvalue weighted by molar-refractivity contribution is 0.0948. The minimum Gasteiger partial charge on any atom is -0.351 e. The van der Waals surface area contributed by atoms with Gasteiger partial charge < -0.3 is 10.6 Å². The molecule has 2 rings (SSSR count). The van der Waals surface area contributed by atoms with Crippen molar-refractivity contribution in [3.63, 3.8) is 0 Å². The third-order valence-corrected chi connectivity index (χ3v) is 3.64. The second kappa shape index (κ2) is 9.03. The van der Waals surface area contributed by atoms with Crippen molar-refractivity contribution in [2.45, 2.75) is 26.2 Å². The number of halogens is 1. The summed E-state index contributed by atoms with van der Waals surface area (Å²) in [5.41, 5.74) is 1.18. The van der Waals surface area contributed by atoms with Crippen LogP contribution in [-0.2, 0) is 0 Å². The summed E-state index contributed by atoms with van der Waals surface area (Å²) in [7, 11) is 0. The number of rotatable bonds is 7. The van der Waals surface area contributed by atoms with Crippen molar-refractivity contribution in [1.29, 1.82) is 0 Å². The van der Waals surface area contributed by atoms with Crippen molar-refractivity contribution < 1.29 is 9.59 Å². The van der Waals surface area contributed by atoms with Crippen molar-refractivity contribution in [2.75, 3.05) is 11.9 Å². The number of pyridine rings is 1. The summed E-state index contributed by atoms with van der Waals surface area (Å²) in [6.45, 7) is 2.71. The van der Waals surface area contributed by atoms with Gasteiger partial charge in [-0.3, -0.25) is 14.6 Å². The fraction of sp³-hybridized carbons (Fsp3) is 0.278. The summed E-state index contributed by atoms with van der Waals surface area (Å²) in [4.78, 5) is 28.4. The van der Waals surface area contributed by atoms with Gasteiger partial charge in [0.1, 0.15) is 5.69 Å². The number of nitrogens with one attached hydrogen (secondary N) is 2. The van der Waals surface area contributed by atoms with Gasteiger partial charge in [0.25, 0.3) is 11.8 Å². The van der Waals surface area contributed by atoms with Gasteiger partial charge in [0, 0.05) is 29.0 Å². The Kier molecular flexibility index (Phi) is 6.75. The summed E-state index contributed by atoms with van der Waals surface area (Å²) >= 11 is 5.90. The molecule has 24 heavy (non-hydrogen) atoms. The predicted molar refractivity (Wildman–Crippen MR) is 95.5 cm³/mol. The SMILES string of the molecule is CCCCCNC(=O)c1cc(C(=O)Nc2cccc(Cl)c2)ccn1. The average Bonchev–Trinajstić information content (AvgIpc) is 2.58. The Labute approximate surface area is 146 Å². The van der Waals surface area contributed by atoms with E-state index in [9.17, 15) is 9.59 Å². The monoisotopic (exact) mass is 345 g/mol. The van der Waals surface area contributed by atoms with E-state index in [-0.39, 0.29) is 17.5 Å². The zero-order valence-corrected chi connectivity index (χ0v) is 14.3. The number of amides is 2. The van der Waals surface area contributed by atoms with E-state index in [4.69, 9.17) is 11.6 Å². The molecule has 1 aromatic heterocycles. The van der Waals surface area contributed by atoms with Crippen molar-refractivity contribution >= 4 is 29.1 Å². The fourth-order valence-corrected chi connectivity index (χ4v) is 2.32. The Morgan fingerprint density at radius 2 is 1.96 bits per heavy atom. The third-order valence-electron chi connectivity index (χ3n) is 3.40. The van der Waals surface area contributed by atoms with E-state index in [2.05, 4.69) is 22.5 Å². The first-order chi connectivity index (χ1) is 11.6. The van der Waals surface area contributed by atoms with Gasteiger partial charge in [-0.15, -0.1) is 0 Å². The number of carbonyl (C=O) groups is 2. The zero-order valence-electron chi connectivity index (χ0n) is 13.5. The number of hydrogen-bond acceptors (Lipinski definition) is 3. The molecule has 0 spiro atoms. The quantitative estimate of drug-likeness (QED) is 0.747. The summed E-state index contributed by atoms with van der Waals surface area (Å²) in [6, 6.07) is 9.92. The second-order valence-corrected chi connectivity index (χ2v) is 5.79. The van der Waals surface area contributed by atoms with Crippen LogP contribution < -0.4 is 10.6 Å². The molecule has 2 amide bonds. The minimum atomic E-state index is -0.320. The standard InChI is InChI=1S/C18H20ClN3O2/c1-2-3-4-9-21-18(24)16-11-13(8-10-20-16)17(23)22-15-7-5-6-14(19)12-15/h5-8,10-12H,2-4,9H2,1H3,(H,21,24)(H,22,23). The first-order valence-corrected chi connectivity index (χ1v) is 8.29. The van der Waals surface area contributed by atoms with Crippen molar-refractivity contribution in [1.82, 2.24) is 10.3 Å². The van der Waals surface area contributed by atoms with Gasteiger partial charge in [0.15, 0.2) is 0 Å². The van der Waals surface area contributed by atoms with Gasteiger partial charge in [0.05, 0.1) is 0 Å². The van der Waals surface area contributed by atoms with E-state index in [1.807, 2.05) is 0 Å². The maximum absolute atomic E-state index is 12.3. The van der Waals surface area contributed by atoms with Gasteiger partial charge in [0.2, 0.25) is 0 Å². The predicted octanol–water partition coefficient (Wildman–Crippen LogP) is 3.91. The molecule has 1 heterocycles. The van der Waals surface area contributed by atoms with Crippen LogP contribution in [0.3, 0.4) is 0 Å². The van der Waals surface area contributed by atoms with Crippen molar-refractivity contribution in [2.24, 2.45) is 0 Å². The Balaban J connectivity index is 2.01. The van der Waals surface area contributed by atoms with E-state index < -0.39 is 0 Å². The van der Waals surface area contributed by atoms with Crippen LogP contribution in [0.25, 0.3) is 0 Å². The van der Waals surface area contributed by atoms with E-state index in [0.29, 0.717) is 22.8 Å². The Morgan fingerprint density at radius 3 is 2.71 bits per heavy atom. The number of unbranched alkanes of at least 4 members (excludes halogenated alkanes) is 2. The van der Waals surface area contributed by atoms with Crippen LogP contribution in [0.2, 0.25) is 5.02 Å². The molecule has 0 fully saturated rings. The molecule has 0 saturated carbocycles. The summed E-state index contributed by atoms with van der Waals surface area (Å²) in [6.07, 6.45) is 4.54. The molecule has 0 radical (unpaired) electrons. The average molecular weight is 346 g/mol. The molecule has 0 unspecified atom stereocenters. The molecule has 0 aliphatic rings. The largest absolute Gasteiger partial charge is 0.351 e. The number of nitrogens with zero attached hydrogens (tertiary/aromatic N) is 1. The van der Waals surface area contributed by atoms with Crippen LogP contribution >= 0.6 is 11.6 Å². The highest BCUT2D eigenvalue weighted by Crippen LogP contribution is 2.16. The van der Waals surface area contributed by atoms with Gasteiger partial charge >= 0.3 is 0 Å². The molecule has 0 aliphatic heterocycles. The van der Waals surface area contributed by atoms with Crippen LogP contribution in [0, 0.1) is 0 Å². The van der Waals surface area contributed by atoms with Crippen molar-refractivity contribution in [3.8, 4) is 0 Å². The molecule has 1 aromatic carbocycles. The number of hydrogen-bond donors (Lipinski definition) is 2. The molecule has 0 atom stereocenters. The van der Waals surface area contributed by atoms with Crippen LogP contribution in [0.5, 0.6) is 0 Å². The second-order valence-electron chi connectivity index (χ2n) is 5.36. The molecule has 0 bridgehead atoms. The normalized spacial score (nSPS) is 10.2. The highest BCUT2D eigenvalue weighted by atomic mass is 35.5. The molecular weight excluding hydrogens is 326 g/mol. The molecule has 6 heteroatoms. The lowest BCUT2D eigenvalue weighted by Gasteiger charge is -2.07. The van der Waals surface area contributed by atoms with E-state index in [1.54, 1.807) is 30.3 Å². The highest BCUT2D eigenvalue weighted by molar-refractivity contribution is 6.31. The summed E-state index contributed by atoms with van der Waals surface area (Å²) < 4.78 is 0. The lowest BCUT2D eigenvalue weighted by Crippen LogP contribution is -2.25. The molecule has 2 N–H and O–H groups in total. The van der Waals surface area contributed by atoms with E-state index >= 15 is 0 Å². The van der Waals surface area contributed by atoms with Crippen molar-refractivity contribution in [3.05, 3.63) is 58.9 Å². The number of aromatic nitrogens is 1. The first-order valence-electron chi connectivity index (χ1n) is 7.91. The molecule has 2 aromatic rings. The Hall–Kier alpha value is -2.40. The van der Waals surface area contributed by atoms with Gasteiger partial charge in [-0.2, -0.15) is 0 Å². The lowest BCUT2D eigenvalue weighted by atomic mass is 10.2. The smallest absolute Gasteiger partial charge is 0.269 e. The topological polar surface area (TPSA) is 71.1 Å². The summed E-state index contributed by atoms with van der Waals surface area (Å²) in [5, 5.41) is 6.09. The third kappa shape index (κ3) is 5.35. The van der Waals surface area contributed by atoms with Crippen LogP contribution in [0.1, 0.15) is 47.0 Å². The highest BCUT2D eigenvalue weighted by Gasteiger charge is 2.12. The molecule has 0 aliphatic carbocycles. The zero-order chi connectivity index (χ0) is 17.4. The fourth-order valence-electron chi connectivity index (χ4n) is 2.13.